The summed E-state index contributed by atoms with van der Waals surface area (Å²) in [5, 5.41) is 3.93. The van der Waals surface area contributed by atoms with E-state index >= 15 is 0 Å². The summed E-state index contributed by atoms with van der Waals surface area (Å²) in [5.74, 6) is -0.145. The number of carbonyl (C=O) groups excluding carboxylic acids is 2. The Kier molecular flexibility index (Phi) is 5.31. The zero-order chi connectivity index (χ0) is 16.8. The van der Waals surface area contributed by atoms with E-state index in [4.69, 9.17) is 0 Å². The van der Waals surface area contributed by atoms with Gasteiger partial charge in [0.15, 0.2) is 11.6 Å². The number of hydrogen-bond acceptors (Lipinski definition) is 4. The zero-order valence-electron chi connectivity index (χ0n) is 12.7. The zero-order valence-corrected chi connectivity index (χ0v) is 14.3. The lowest BCUT2D eigenvalue weighted by atomic mass is 10.0. The smallest absolute Gasteiger partial charge is 0.185 e. The molecule has 24 heavy (non-hydrogen) atoms. The van der Waals surface area contributed by atoms with Crippen LogP contribution in [0.4, 0.5) is 0 Å². The summed E-state index contributed by atoms with van der Waals surface area (Å²) in [6, 6.07) is 14.5. The molecule has 0 radical (unpaired) electrons. The highest BCUT2D eigenvalue weighted by molar-refractivity contribution is 7.11. The molecule has 0 N–H and O–H groups in total. The second-order valence-corrected chi connectivity index (χ2v) is 6.96. The molecule has 0 aliphatic carbocycles. The van der Waals surface area contributed by atoms with Crippen LogP contribution in [0, 0.1) is 0 Å². The number of thiophene rings is 2. The largest absolute Gasteiger partial charge is 0.289 e. The van der Waals surface area contributed by atoms with Crippen LogP contribution in [0.5, 0.6) is 0 Å². The molecule has 2 aromatic heterocycles. The summed E-state index contributed by atoms with van der Waals surface area (Å²) in [6.07, 6.45) is 6.71. The van der Waals surface area contributed by atoms with Gasteiger partial charge in [-0.2, -0.15) is 0 Å². The van der Waals surface area contributed by atoms with E-state index in [9.17, 15) is 9.59 Å². The first-order valence-corrected chi connectivity index (χ1v) is 9.10. The summed E-state index contributed by atoms with van der Waals surface area (Å²) in [7, 11) is 0. The van der Waals surface area contributed by atoms with Gasteiger partial charge in [-0.05, 0) is 47.2 Å². The minimum Gasteiger partial charge on any atom is -0.289 e. The number of allylic oxidation sites excluding steroid dienone is 2. The Hall–Kier alpha value is -2.56. The van der Waals surface area contributed by atoms with Crippen molar-refractivity contribution in [2.45, 2.75) is 0 Å². The van der Waals surface area contributed by atoms with Crippen LogP contribution in [-0.4, -0.2) is 11.6 Å². The lowest BCUT2D eigenvalue weighted by Crippen LogP contribution is -1.98. The van der Waals surface area contributed by atoms with Gasteiger partial charge in [0.05, 0.1) is 0 Å². The van der Waals surface area contributed by atoms with Gasteiger partial charge in [0.2, 0.25) is 0 Å². The fourth-order valence-corrected chi connectivity index (χ4v) is 3.32. The van der Waals surface area contributed by atoms with Crippen molar-refractivity contribution >= 4 is 46.4 Å². The van der Waals surface area contributed by atoms with Gasteiger partial charge >= 0.3 is 0 Å². The van der Waals surface area contributed by atoms with Crippen LogP contribution >= 0.6 is 22.7 Å². The molecule has 0 bridgehead atoms. The molecular weight excluding hydrogens is 336 g/mol. The van der Waals surface area contributed by atoms with Crippen LogP contribution in [0.3, 0.4) is 0 Å². The van der Waals surface area contributed by atoms with Crippen LogP contribution in [0.25, 0.3) is 12.2 Å². The molecule has 0 aliphatic heterocycles. The fraction of sp³-hybridized carbons (Fsp3) is 0. The monoisotopic (exact) mass is 350 g/mol. The van der Waals surface area contributed by atoms with Gasteiger partial charge in [0, 0.05) is 20.9 Å². The summed E-state index contributed by atoms with van der Waals surface area (Å²) in [5.41, 5.74) is 1.14. The lowest BCUT2D eigenvalue weighted by Gasteiger charge is -1.99. The van der Waals surface area contributed by atoms with Gasteiger partial charge in [0.1, 0.15) is 0 Å². The molecule has 1 aromatic carbocycles. The Balaban J connectivity index is 1.66. The van der Waals surface area contributed by atoms with Crippen LogP contribution in [0.15, 0.2) is 71.4 Å². The molecule has 2 heterocycles. The van der Waals surface area contributed by atoms with Crippen molar-refractivity contribution < 1.29 is 9.59 Å². The van der Waals surface area contributed by atoms with Crippen LogP contribution < -0.4 is 0 Å². The first kappa shape index (κ1) is 16.3. The highest BCUT2D eigenvalue weighted by Gasteiger charge is 2.05. The highest BCUT2D eigenvalue weighted by atomic mass is 32.1. The molecule has 4 heteroatoms. The van der Waals surface area contributed by atoms with Crippen molar-refractivity contribution in [3.63, 3.8) is 0 Å². The molecule has 3 rings (SSSR count). The van der Waals surface area contributed by atoms with Crippen LogP contribution in [-0.2, 0) is 0 Å². The third kappa shape index (κ3) is 4.25. The van der Waals surface area contributed by atoms with Crippen molar-refractivity contribution in [3.8, 4) is 0 Å². The van der Waals surface area contributed by atoms with Crippen molar-refractivity contribution in [2.24, 2.45) is 0 Å². The standard InChI is InChI=1S/C20H14O2S2/c21-19(11-9-17-3-1-13-23-17)15-5-7-16(8-6-15)20(22)12-10-18-4-2-14-24-18/h1-14H/b11-9+,12-10+. The molecular formula is C20H14O2S2. The number of ketones is 2. The average molecular weight is 350 g/mol. The highest BCUT2D eigenvalue weighted by Crippen LogP contribution is 2.14. The number of carbonyl (C=O) groups is 2. The topological polar surface area (TPSA) is 34.1 Å². The third-order valence-corrected chi connectivity index (χ3v) is 5.01. The van der Waals surface area contributed by atoms with Gasteiger partial charge in [-0.25, -0.2) is 0 Å². The van der Waals surface area contributed by atoms with Crippen molar-refractivity contribution in [1.82, 2.24) is 0 Å². The number of hydrogen-bond donors (Lipinski definition) is 0. The van der Waals surface area contributed by atoms with Crippen molar-refractivity contribution in [1.29, 1.82) is 0 Å². The normalized spacial score (nSPS) is 11.3. The summed E-state index contributed by atoms with van der Waals surface area (Å²) in [4.78, 5) is 26.3. The SMILES string of the molecule is O=C(/C=C/c1cccs1)c1ccc(C(=O)/C=C/c2cccs2)cc1. The van der Waals surface area contributed by atoms with Crippen LogP contribution in [0.2, 0.25) is 0 Å². The maximum absolute atomic E-state index is 12.1. The van der Waals surface area contributed by atoms with Gasteiger partial charge in [-0.3, -0.25) is 9.59 Å². The van der Waals surface area contributed by atoms with E-state index in [2.05, 4.69) is 0 Å². The number of benzene rings is 1. The average Bonchev–Trinajstić information content (AvgIpc) is 3.31. The maximum Gasteiger partial charge on any atom is 0.185 e. The predicted molar refractivity (Wildman–Crippen MR) is 102 cm³/mol. The predicted octanol–water partition coefficient (Wildman–Crippen LogP) is 5.60. The molecule has 0 unspecified atom stereocenters. The van der Waals surface area contributed by atoms with E-state index < -0.39 is 0 Å². The Morgan fingerprint density at radius 1 is 0.667 bits per heavy atom. The van der Waals surface area contributed by atoms with E-state index in [0.29, 0.717) is 11.1 Å². The molecule has 0 atom stereocenters. The van der Waals surface area contributed by atoms with Crippen molar-refractivity contribution in [2.75, 3.05) is 0 Å². The molecule has 118 valence electrons. The second-order valence-electron chi connectivity index (χ2n) is 5.00. The van der Waals surface area contributed by atoms with E-state index in [-0.39, 0.29) is 11.6 Å². The Labute approximate surface area is 148 Å². The first-order chi connectivity index (χ1) is 11.7. The van der Waals surface area contributed by atoms with Crippen LogP contribution in [0.1, 0.15) is 30.5 Å². The van der Waals surface area contributed by atoms with E-state index in [0.717, 1.165) is 9.75 Å². The molecule has 0 fully saturated rings. The summed E-state index contributed by atoms with van der Waals surface area (Å²) >= 11 is 3.16. The number of rotatable bonds is 6. The summed E-state index contributed by atoms with van der Waals surface area (Å²) in [6.45, 7) is 0. The third-order valence-electron chi connectivity index (χ3n) is 3.34. The lowest BCUT2D eigenvalue weighted by molar-refractivity contribution is 0.103. The van der Waals surface area contributed by atoms with Gasteiger partial charge in [-0.15, -0.1) is 22.7 Å². The second kappa shape index (κ2) is 7.81. The maximum atomic E-state index is 12.1. The quantitative estimate of drug-likeness (QED) is 0.428. The molecule has 3 aromatic rings. The van der Waals surface area contributed by atoms with Gasteiger partial charge in [0.25, 0.3) is 0 Å². The van der Waals surface area contributed by atoms with Gasteiger partial charge < -0.3 is 0 Å². The Morgan fingerprint density at radius 3 is 1.42 bits per heavy atom. The van der Waals surface area contributed by atoms with E-state index in [1.54, 1.807) is 71.2 Å². The van der Waals surface area contributed by atoms with Crippen molar-refractivity contribution in [3.05, 3.63) is 92.3 Å². The minimum absolute atomic E-state index is 0.0727. The minimum atomic E-state index is -0.0727. The molecule has 0 spiro atoms. The fourth-order valence-electron chi connectivity index (χ4n) is 2.08. The Morgan fingerprint density at radius 2 is 1.08 bits per heavy atom. The van der Waals surface area contributed by atoms with E-state index in [1.165, 1.54) is 0 Å². The molecule has 0 aliphatic rings. The Bertz CT molecular complexity index is 793. The molecule has 0 saturated heterocycles. The molecule has 0 amide bonds. The molecule has 0 saturated carbocycles. The van der Waals surface area contributed by atoms with Gasteiger partial charge in [-0.1, -0.05) is 36.4 Å². The van der Waals surface area contributed by atoms with E-state index in [1.807, 2.05) is 35.0 Å². The molecule has 2 nitrogen and oxygen atoms in total. The first-order valence-electron chi connectivity index (χ1n) is 7.34. The summed E-state index contributed by atoms with van der Waals surface area (Å²) < 4.78 is 0.